The van der Waals surface area contributed by atoms with E-state index in [9.17, 15) is 18.0 Å². The zero-order chi connectivity index (χ0) is 23.3. The second kappa shape index (κ2) is 10.5. The molecule has 2 aromatic rings. The number of benzene rings is 1. The molecule has 1 aliphatic heterocycles. The van der Waals surface area contributed by atoms with Gasteiger partial charge in [0.05, 0.1) is 5.92 Å². The molecular weight excluding hydrogens is 448 g/mol. The van der Waals surface area contributed by atoms with Crippen LogP contribution in [0.15, 0.2) is 40.6 Å². The van der Waals surface area contributed by atoms with E-state index < -0.39 is 10.0 Å². The summed E-state index contributed by atoms with van der Waals surface area (Å²) < 4.78 is 27.5. The first-order chi connectivity index (χ1) is 15.1. The summed E-state index contributed by atoms with van der Waals surface area (Å²) in [5.74, 6) is -0.522. The number of nitrogens with one attached hydrogen (secondary N) is 3. The average molecular weight is 479 g/mol. The third-order valence-corrected chi connectivity index (χ3v) is 8.50. The first kappa shape index (κ1) is 24.2. The van der Waals surface area contributed by atoms with Crippen molar-refractivity contribution in [3.8, 4) is 0 Å². The van der Waals surface area contributed by atoms with Crippen molar-refractivity contribution in [1.82, 2.24) is 14.9 Å². The molecule has 1 aromatic heterocycles. The number of amides is 3. The van der Waals surface area contributed by atoms with Crippen molar-refractivity contribution in [2.24, 2.45) is 5.92 Å². The van der Waals surface area contributed by atoms with E-state index in [1.165, 1.54) is 15.6 Å². The predicted molar refractivity (Wildman–Crippen MR) is 126 cm³/mol. The number of hydrogen-bond acceptors (Lipinski definition) is 5. The van der Waals surface area contributed by atoms with Gasteiger partial charge < -0.3 is 16.0 Å². The summed E-state index contributed by atoms with van der Waals surface area (Å²) >= 11 is 1.25. The molecular formula is C22H30N4O4S2. The molecule has 1 atom stereocenters. The lowest BCUT2D eigenvalue weighted by atomic mass is 9.99. The van der Waals surface area contributed by atoms with E-state index in [0.29, 0.717) is 35.8 Å². The minimum Gasteiger partial charge on any atom is -0.352 e. The summed E-state index contributed by atoms with van der Waals surface area (Å²) in [6.45, 7) is 6.61. The van der Waals surface area contributed by atoms with E-state index in [0.717, 1.165) is 10.4 Å². The monoisotopic (exact) mass is 478 g/mol. The van der Waals surface area contributed by atoms with Gasteiger partial charge in [-0.25, -0.2) is 13.2 Å². The van der Waals surface area contributed by atoms with Crippen LogP contribution in [0.3, 0.4) is 0 Å². The van der Waals surface area contributed by atoms with E-state index in [-0.39, 0.29) is 30.4 Å². The van der Waals surface area contributed by atoms with Gasteiger partial charge in [-0.15, -0.1) is 11.3 Å². The topological polar surface area (TPSA) is 108 Å². The molecule has 1 aliphatic rings. The number of hydrogen-bond donors (Lipinski definition) is 3. The number of thiophene rings is 1. The highest BCUT2D eigenvalue weighted by molar-refractivity contribution is 7.91. The summed E-state index contributed by atoms with van der Waals surface area (Å²) in [6.07, 6.45) is 1.32. The molecule has 8 nitrogen and oxygen atoms in total. The zero-order valence-corrected chi connectivity index (χ0v) is 20.2. The smallest absolute Gasteiger partial charge is 0.319 e. The molecule has 0 saturated carbocycles. The van der Waals surface area contributed by atoms with Gasteiger partial charge in [-0.1, -0.05) is 12.1 Å². The van der Waals surface area contributed by atoms with E-state index in [2.05, 4.69) is 16.0 Å². The van der Waals surface area contributed by atoms with Gasteiger partial charge in [0.2, 0.25) is 5.91 Å². The Morgan fingerprint density at radius 2 is 1.88 bits per heavy atom. The highest BCUT2D eigenvalue weighted by Crippen LogP contribution is 2.28. The van der Waals surface area contributed by atoms with Crippen molar-refractivity contribution < 1.29 is 18.0 Å². The fraction of sp³-hybridized carbons (Fsp3) is 0.455. The Bertz CT molecular complexity index is 1050. The Balaban J connectivity index is 1.53. The lowest BCUT2D eigenvalue weighted by Gasteiger charge is -2.30. The molecule has 2 heterocycles. The van der Waals surface area contributed by atoms with Crippen molar-refractivity contribution >= 4 is 39.0 Å². The van der Waals surface area contributed by atoms with Gasteiger partial charge in [0, 0.05) is 36.2 Å². The number of rotatable bonds is 7. The second-order valence-corrected chi connectivity index (χ2v) is 11.7. The lowest BCUT2D eigenvalue weighted by Crippen LogP contribution is -2.45. The Kier molecular flexibility index (Phi) is 7.91. The van der Waals surface area contributed by atoms with Crippen LogP contribution in [0.2, 0.25) is 0 Å². The van der Waals surface area contributed by atoms with Crippen LogP contribution in [0.1, 0.15) is 37.1 Å². The summed E-state index contributed by atoms with van der Waals surface area (Å²) in [6, 6.07) is 10.4. The number of aryl methyl sites for hydroxylation is 1. The molecule has 3 rings (SSSR count). The molecule has 3 amide bonds. The van der Waals surface area contributed by atoms with Gasteiger partial charge in [0.15, 0.2) is 0 Å². The van der Waals surface area contributed by atoms with Crippen LogP contribution in [0.4, 0.5) is 10.5 Å². The molecule has 0 spiro atoms. The fourth-order valence-corrected chi connectivity index (χ4v) is 6.48. The van der Waals surface area contributed by atoms with Crippen LogP contribution >= 0.6 is 11.3 Å². The van der Waals surface area contributed by atoms with Gasteiger partial charge in [-0.05, 0) is 63.4 Å². The van der Waals surface area contributed by atoms with Gasteiger partial charge in [-0.2, -0.15) is 4.31 Å². The molecule has 1 fully saturated rings. The molecule has 0 bridgehead atoms. The minimum absolute atomic E-state index is 0.0459. The van der Waals surface area contributed by atoms with Gasteiger partial charge >= 0.3 is 6.03 Å². The van der Waals surface area contributed by atoms with E-state index in [1.54, 1.807) is 24.3 Å². The van der Waals surface area contributed by atoms with Crippen LogP contribution in [-0.4, -0.2) is 43.8 Å². The molecule has 174 valence electrons. The normalized spacial score (nSPS) is 17.2. The highest BCUT2D eigenvalue weighted by Gasteiger charge is 2.33. The second-order valence-electron chi connectivity index (χ2n) is 8.24. The molecule has 1 saturated heterocycles. The van der Waals surface area contributed by atoms with E-state index in [4.69, 9.17) is 0 Å². The van der Waals surface area contributed by atoms with Gasteiger partial charge in [-0.3, -0.25) is 4.79 Å². The minimum atomic E-state index is -3.56. The number of carbonyl (C=O) groups excluding carboxylic acids is 2. The number of carbonyl (C=O) groups is 2. The van der Waals surface area contributed by atoms with Gasteiger partial charge in [0.1, 0.15) is 4.21 Å². The number of anilines is 1. The number of nitrogens with zero attached hydrogens (tertiary/aromatic N) is 1. The molecule has 32 heavy (non-hydrogen) atoms. The Labute approximate surface area is 193 Å². The fourth-order valence-electron chi connectivity index (χ4n) is 3.52. The summed E-state index contributed by atoms with van der Waals surface area (Å²) in [5, 5.41) is 8.42. The van der Waals surface area contributed by atoms with Crippen LogP contribution in [0.5, 0.6) is 0 Å². The first-order valence-electron chi connectivity index (χ1n) is 10.7. The Morgan fingerprint density at radius 1 is 1.16 bits per heavy atom. The quantitative estimate of drug-likeness (QED) is 0.567. The lowest BCUT2D eigenvalue weighted by molar-refractivity contribution is -0.126. The van der Waals surface area contributed by atoms with Crippen molar-refractivity contribution in [2.75, 3.05) is 18.4 Å². The number of piperidine rings is 1. The number of urea groups is 1. The zero-order valence-electron chi connectivity index (χ0n) is 18.6. The van der Waals surface area contributed by atoms with Gasteiger partial charge in [0.25, 0.3) is 10.0 Å². The van der Waals surface area contributed by atoms with Crippen LogP contribution in [-0.2, 0) is 21.4 Å². The van der Waals surface area contributed by atoms with Crippen molar-refractivity contribution in [1.29, 1.82) is 0 Å². The highest BCUT2D eigenvalue weighted by atomic mass is 32.2. The summed E-state index contributed by atoms with van der Waals surface area (Å²) in [5.41, 5.74) is 1.55. The number of sulfonamides is 1. The van der Waals surface area contributed by atoms with Crippen molar-refractivity contribution in [3.63, 3.8) is 0 Å². The van der Waals surface area contributed by atoms with Crippen LogP contribution in [0, 0.1) is 12.8 Å². The maximum Gasteiger partial charge on any atom is 0.319 e. The SMILES string of the molecule is Cc1ccc(S(=O)(=O)N2CCCC(C(=O)NCc3ccc(NC(=O)NC(C)C)cc3)C2)s1. The maximum atomic E-state index is 12.9. The molecule has 1 unspecified atom stereocenters. The molecule has 0 aliphatic carbocycles. The molecule has 0 radical (unpaired) electrons. The summed E-state index contributed by atoms with van der Waals surface area (Å²) in [4.78, 5) is 25.4. The van der Waals surface area contributed by atoms with Crippen LogP contribution in [0.25, 0.3) is 0 Å². The van der Waals surface area contributed by atoms with Crippen LogP contribution < -0.4 is 16.0 Å². The first-order valence-corrected chi connectivity index (χ1v) is 12.9. The average Bonchev–Trinajstić information content (AvgIpc) is 3.19. The maximum absolute atomic E-state index is 12.9. The third-order valence-electron chi connectivity index (χ3n) is 5.16. The molecule has 1 aromatic carbocycles. The molecule has 3 N–H and O–H groups in total. The Hall–Kier alpha value is -2.43. The predicted octanol–water partition coefficient (Wildman–Crippen LogP) is 3.30. The third kappa shape index (κ3) is 6.30. The van der Waals surface area contributed by atoms with E-state index >= 15 is 0 Å². The summed E-state index contributed by atoms with van der Waals surface area (Å²) in [7, 11) is -3.56. The standard InChI is InChI=1S/C22H30N4O4S2/c1-15(2)24-22(28)25-19-9-7-17(8-10-19)13-23-21(27)18-5-4-12-26(14-18)32(29,30)20-11-6-16(3)31-20/h6-11,15,18H,4-5,12-14H2,1-3H3,(H,23,27)(H2,24,25,28). The van der Waals surface area contributed by atoms with Crippen molar-refractivity contribution in [3.05, 3.63) is 46.8 Å². The Morgan fingerprint density at radius 3 is 2.50 bits per heavy atom. The van der Waals surface area contributed by atoms with Crippen molar-refractivity contribution in [2.45, 2.75) is 50.4 Å². The van der Waals surface area contributed by atoms with E-state index in [1.807, 2.05) is 32.9 Å². The largest absolute Gasteiger partial charge is 0.352 e. The molecule has 10 heteroatoms.